The molecule has 0 fully saturated rings. The van der Waals surface area contributed by atoms with Gasteiger partial charge in [-0.15, -0.1) is 0 Å². The Balaban J connectivity index is 2.43. The molecule has 0 aromatic heterocycles. The van der Waals surface area contributed by atoms with E-state index >= 15 is 0 Å². The molecule has 0 atom stereocenters. The first-order chi connectivity index (χ1) is 9.92. The Morgan fingerprint density at radius 2 is 1.86 bits per heavy atom. The first-order valence-electron chi connectivity index (χ1n) is 5.63. The minimum atomic E-state index is -0.762. The molecule has 0 unspecified atom stereocenters. The van der Waals surface area contributed by atoms with Crippen LogP contribution in [0.25, 0.3) is 0 Å². The topological polar surface area (TPSA) is 72.6 Å². The first-order valence-corrected chi connectivity index (χ1v) is 6.38. The standard InChI is InChI=1S/C13H8Cl2FNO4/c14-8-4-11(17(19)20)13(5-9(8)15)21-12-2-1-7(6-18)3-10(12)16/h1-5,18H,6H2. The molecule has 2 aromatic carbocycles. The molecule has 21 heavy (non-hydrogen) atoms. The van der Waals surface area contributed by atoms with Gasteiger partial charge in [-0.1, -0.05) is 29.3 Å². The van der Waals surface area contributed by atoms with Crippen LogP contribution in [0, 0.1) is 15.9 Å². The van der Waals surface area contributed by atoms with Crippen LogP contribution in [-0.4, -0.2) is 10.0 Å². The minimum absolute atomic E-state index is 0.00758. The molecule has 0 aliphatic heterocycles. The van der Waals surface area contributed by atoms with E-state index in [0.717, 1.165) is 18.2 Å². The van der Waals surface area contributed by atoms with Crippen LogP contribution in [0.3, 0.4) is 0 Å². The van der Waals surface area contributed by atoms with Crippen molar-refractivity contribution in [1.82, 2.24) is 0 Å². The first kappa shape index (κ1) is 15.5. The van der Waals surface area contributed by atoms with E-state index in [1.807, 2.05) is 0 Å². The van der Waals surface area contributed by atoms with Crippen molar-refractivity contribution in [2.75, 3.05) is 0 Å². The summed E-state index contributed by atoms with van der Waals surface area (Å²) in [4.78, 5) is 10.2. The van der Waals surface area contributed by atoms with Crippen LogP contribution in [0.15, 0.2) is 30.3 Å². The van der Waals surface area contributed by atoms with Gasteiger partial charge in [0, 0.05) is 12.1 Å². The summed E-state index contributed by atoms with van der Waals surface area (Å²) in [5, 5.41) is 19.9. The summed E-state index contributed by atoms with van der Waals surface area (Å²) < 4.78 is 19.0. The molecule has 0 radical (unpaired) electrons. The number of ether oxygens (including phenoxy) is 1. The third kappa shape index (κ3) is 3.41. The molecule has 8 heteroatoms. The van der Waals surface area contributed by atoms with E-state index < -0.39 is 16.4 Å². The Morgan fingerprint density at radius 3 is 2.43 bits per heavy atom. The van der Waals surface area contributed by atoms with Gasteiger partial charge in [0.15, 0.2) is 11.6 Å². The summed E-state index contributed by atoms with van der Waals surface area (Å²) in [6.45, 7) is -0.329. The number of rotatable bonds is 4. The summed E-state index contributed by atoms with van der Waals surface area (Å²) >= 11 is 11.5. The van der Waals surface area contributed by atoms with Gasteiger partial charge in [0.05, 0.1) is 21.6 Å². The molecular weight excluding hydrogens is 324 g/mol. The molecule has 0 saturated carbocycles. The van der Waals surface area contributed by atoms with Gasteiger partial charge in [0.25, 0.3) is 0 Å². The summed E-state index contributed by atoms with van der Waals surface area (Å²) in [6.07, 6.45) is 0. The maximum absolute atomic E-state index is 13.8. The third-order valence-corrected chi connectivity index (χ3v) is 3.32. The number of hydrogen-bond donors (Lipinski definition) is 1. The fourth-order valence-electron chi connectivity index (χ4n) is 1.59. The minimum Gasteiger partial charge on any atom is -0.447 e. The molecular formula is C13H8Cl2FNO4. The van der Waals surface area contributed by atoms with Crippen molar-refractivity contribution < 1.29 is 19.2 Å². The van der Waals surface area contributed by atoms with Crippen LogP contribution in [-0.2, 0) is 6.61 Å². The second-order valence-electron chi connectivity index (χ2n) is 4.02. The molecule has 2 rings (SSSR count). The number of nitro benzene ring substituents is 1. The summed E-state index contributed by atoms with van der Waals surface area (Å²) in [5.41, 5.74) is -0.0847. The highest BCUT2D eigenvalue weighted by Gasteiger charge is 2.20. The van der Waals surface area contributed by atoms with Crippen molar-refractivity contribution in [3.8, 4) is 11.5 Å². The zero-order chi connectivity index (χ0) is 15.6. The zero-order valence-electron chi connectivity index (χ0n) is 10.3. The Hall–Kier alpha value is -1.89. The van der Waals surface area contributed by atoms with Crippen molar-refractivity contribution in [3.63, 3.8) is 0 Å². The molecule has 1 N–H and O–H groups in total. The summed E-state index contributed by atoms with van der Waals surface area (Å²) in [7, 11) is 0. The number of benzene rings is 2. The van der Waals surface area contributed by atoms with E-state index in [1.54, 1.807) is 0 Å². The molecule has 0 aliphatic rings. The summed E-state index contributed by atoms with van der Waals surface area (Å²) in [5.74, 6) is -1.22. The van der Waals surface area contributed by atoms with Crippen molar-refractivity contribution >= 4 is 28.9 Å². The Labute approximate surface area is 128 Å². The highest BCUT2D eigenvalue weighted by Crippen LogP contribution is 2.38. The lowest BCUT2D eigenvalue weighted by Crippen LogP contribution is -1.96. The molecule has 0 saturated heterocycles. The van der Waals surface area contributed by atoms with E-state index in [2.05, 4.69) is 0 Å². The Bertz CT molecular complexity index is 709. The van der Waals surface area contributed by atoms with E-state index in [4.69, 9.17) is 33.0 Å². The lowest BCUT2D eigenvalue weighted by Gasteiger charge is -2.09. The molecule has 5 nitrogen and oxygen atoms in total. The lowest BCUT2D eigenvalue weighted by molar-refractivity contribution is -0.385. The quantitative estimate of drug-likeness (QED) is 0.668. The van der Waals surface area contributed by atoms with Crippen molar-refractivity contribution in [2.45, 2.75) is 6.61 Å². The van der Waals surface area contributed by atoms with E-state index in [-0.39, 0.29) is 28.2 Å². The van der Waals surface area contributed by atoms with Gasteiger partial charge in [-0.05, 0) is 17.7 Å². The number of aliphatic hydroxyl groups excluding tert-OH is 1. The third-order valence-electron chi connectivity index (χ3n) is 2.60. The number of halogens is 3. The number of nitrogens with zero attached hydrogens (tertiary/aromatic N) is 1. The van der Waals surface area contributed by atoms with Gasteiger partial charge in [-0.2, -0.15) is 0 Å². The second kappa shape index (κ2) is 6.26. The monoisotopic (exact) mass is 331 g/mol. The van der Waals surface area contributed by atoms with Gasteiger partial charge in [0.2, 0.25) is 5.75 Å². The van der Waals surface area contributed by atoms with E-state index in [9.17, 15) is 14.5 Å². The largest absolute Gasteiger partial charge is 0.447 e. The Kier molecular flexibility index (Phi) is 4.62. The van der Waals surface area contributed by atoms with Gasteiger partial charge in [-0.3, -0.25) is 10.1 Å². The van der Waals surface area contributed by atoms with Crippen LogP contribution >= 0.6 is 23.2 Å². The van der Waals surface area contributed by atoms with Gasteiger partial charge in [0.1, 0.15) is 0 Å². The van der Waals surface area contributed by atoms with Crippen LogP contribution in [0.1, 0.15) is 5.56 Å². The zero-order valence-corrected chi connectivity index (χ0v) is 11.9. The summed E-state index contributed by atoms with van der Waals surface area (Å²) in [6, 6.07) is 5.92. The lowest BCUT2D eigenvalue weighted by atomic mass is 10.2. The SMILES string of the molecule is O=[N+]([O-])c1cc(Cl)c(Cl)cc1Oc1ccc(CO)cc1F. The number of nitro groups is 1. The highest BCUT2D eigenvalue weighted by atomic mass is 35.5. The van der Waals surface area contributed by atoms with E-state index in [1.165, 1.54) is 12.1 Å². The Morgan fingerprint density at radius 1 is 1.19 bits per heavy atom. The van der Waals surface area contributed by atoms with Crippen LogP contribution in [0.4, 0.5) is 10.1 Å². The average molecular weight is 332 g/mol. The van der Waals surface area contributed by atoms with Gasteiger partial charge >= 0.3 is 5.69 Å². The van der Waals surface area contributed by atoms with Crippen molar-refractivity contribution in [2.24, 2.45) is 0 Å². The van der Waals surface area contributed by atoms with Crippen molar-refractivity contribution in [3.05, 3.63) is 61.9 Å². The smallest absolute Gasteiger partial charge is 0.313 e. The second-order valence-corrected chi connectivity index (χ2v) is 4.83. The van der Waals surface area contributed by atoms with Crippen LogP contribution in [0.2, 0.25) is 10.0 Å². The fraction of sp³-hybridized carbons (Fsp3) is 0.0769. The molecule has 0 heterocycles. The number of hydrogen-bond acceptors (Lipinski definition) is 4. The van der Waals surface area contributed by atoms with Crippen molar-refractivity contribution in [1.29, 1.82) is 0 Å². The van der Waals surface area contributed by atoms with Gasteiger partial charge < -0.3 is 9.84 Å². The molecule has 0 bridgehead atoms. The predicted octanol–water partition coefficient (Wildman–Crippen LogP) is 4.33. The number of aliphatic hydroxyl groups is 1. The molecule has 0 spiro atoms. The van der Waals surface area contributed by atoms with Gasteiger partial charge in [-0.25, -0.2) is 4.39 Å². The molecule has 110 valence electrons. The van der Waals surface area contributed by atoms with Crippen LogP contribution < -0.4 is 4.74 Å². The maximum Gasteiger partial charge on any atom is 0.313 e. The predicted molar refractivity (Wildman–Crippen MR) is 75.5 cm³/mol. The normalized spacial score (nSPS) is 10.5. The molecule has 0 aliphatic carbocycles. The van der Waals surface area contributed by atoms with Crippen LogP contribution in [0.5, 0.6) is 11.5 Å². The molecule has 0 amide bonds. The molecule has 2 aromatic rings. The van der Waals surface area contributed by atoms with E-state index in [0.29, 0.717) is 5.56 Å². The fourth-order valence-corrected chi connectivity index (χ4v) is 1.90. The highest BCUT2D eigenvalue weighted by molar-refractivity contribution is 6.42. The maximum atomic E-state index is 13.8. The average Bonchev–Trinajstić information content (AvgIpc) is 2.44.